The SMILES string of the molecule is OB(O)c1ccc(C(F)F)cc1OC(F)(F)F. The summed E-state index contributed by atoms with van der Waals surface area (Å²) in [6.07, 6.45) is -8.10. The van der Waals surface area contributed by atoms with Gasteiger partial charge in [0.15, 0.2) is 0 Å². The fourth-order valence-electron chi connectivity index (χ4n) is 1.11. The number of halogens is 5. The zero-order chi connectivity index (χ0) is 13.2. The Hall–Kier alpha value is -1.35. The minimum Gasteiger partial charge on any atom is -0.423 e. The van der Waals surface area contributed by atoms with Gasteiger partial charge >= 0.3 is 13.5 Å². The molecule has 0 heterocycles. The summed E-state index contributed by atoms with van der Waals surface area (Å²) in [6, 6.07) is 1.92. The van der Waals surface area contributed by atoms with E-state index in [1.807, 2.05) is 0 Å². The molecule has 0 fully saturated rings. The number of benzene rings is 1. The Balaban J connectivity index is 3.16. The smallest absolute Gasteiger partial charge is 0.423 e. The first-order valence-corrected chi connectivity index (χ1v) is 4.24. The maximum absolute atomic E-state index is 12.3. The van der Waals surface area contributed by atoms with E-state index < -0.39 is 36.7 Å². The normalized spacial score (nSPS) is 11.8. The molecule has 3 nitrogen and oxygen atoms in total. The summed E-state index contributed by atoms with van der Waals surface area (Å²) in [5.41, 5.74) is -1.36. The van der Waals surface area contributed by atoms with Crippen LogP contribution in [0.4, 0.5) is 22.0 Å². The highest BCUT2D eigenvalue weighted by Crippen LogP contribution is 2.26. The molecule has 0 radical (unpaired) electrons. The van der Waals surface area contributed by atoms with E-state index in [9.17, 15) is 22.0 Å². The minimum atomic E-state index is -5.11. The Bertz CT molecular complexity index is 393. The minimum absolute atomic E-state index is 0.410. The first-order valence-electron chi connectivity index (χ1n) is 4.24. The molecule has 2 N–H and O–H groups in total. The van der Waals surface area contributed by atoms with Crippen LogP contribution in [0.25, 0.3) is 0 Å². The van der Waals surface area contributed by atoms with E-state index in [1.165, 1.54) is 0 Å². The molecule has 0 unspecified atom stereocenters. The molecule has 0 saturated heterocycles. The molecule has 1 rings (SSSR count). The van der Waals surface area contributed by atoms with Crippen molar-refractivity contribution in [2.75, 3.05) is 0 Å². The molecular weight excluding hydrogens is 250 g/mol. The summed E-state index contributed by atoms with van der Waals surface area (Å²) in [5, 5.41) is 17.5. The van der Waals surface area contributed by atoms with Gasteiger partial charge in [-0.2, -0.15) is 0 Å². The monoisotopic (exact) mass is 256 g/mol. The Morgan fingerprint density at radius 1 is 1.18 bits per heavy atom. The topological polar surface area (TPSA) is 49.7 Å². The zero-order valence-corrected chi connectivity index (χ0v) is 8.08. The lowest BCUT2D eigenvalue weighted by molar-refractivity contribution is -0.274. The van der Waals surface area contributed by atoms with E-state index in [-0.39, 0.29) is 0 Å². The molecule has 0 aliphatic rings. The summed E-state index contributed by atoms with van der Waals surface area (Å²) >= 11 is 0. The second kappa shape index (κ2) is 4.88. The fourth-order valence-corrected chi connectivity index (χ4v) is 1.11. The van der Waals surface area contributed by atoms with Gasteiger partial charge in [-0.05, 0) is 6.07 Å². The molecule has 1 aromatic carbocycles. The number of ether oxygens (including phenoxy) is 1. The molecule has 0 bridgehead atoms. The second-order valence-electron chi connectivity index (χ2n) is 3.02. The highest BCUT2D eigenvalue weighted by molar-refractivity contribution is 6.59. The van der Waals surface area contributed by atoms with Gasteiger partial charge in [0.25, 0.3) is 6.43 Å². The first-order chi connectivity index (χ1) is 7.70. The summed E-state index contributed by atoms with van der Waals surface area (Å²) in [6.45, 7) is 0. The molecule has 0 amide bonds. The van der Waals surface area contributed by atoms with Gasteiger partial charge in [-0.25, -0.2) is 8.78 Å². The average Bonchev–Trinajstić information content (AvgIpc) is 2.14. The summed E-state index contributed by atoms with van der Waals surface area (Å²) in [7, 11) is -2.25. The van der Waals surface area contributed by atoms with Gasteiger partial charge < -0.3 is 14.8 Å². The molecular formula is C8H6BF5O3. The highest BCUT2D eigenvalue weighted by Gasteiger charge is 2.34. The molecule has 1 aromatic rings. The van der Waals surface area contributed by atoms with Crippen LogP contribution >= 0.6 is 0 Å². The van der Waals surface area contributed by atoms with Gasteiger partial charge in [0, 0.05) is 11.0 Å². The molecule has 9 heteroatoms. The Kier molecular flexibility index (Phi) is 3.94. The zero-order valence-electron chi connectivity index (χ0n) is 8.08. The molecule has 0 aliphatic heterocycles. The summed E-state index contributed by atoms with van der Waals surface area (Å²) in [5.74, 6) is -1.06. The largest absolute Gasteiger partial charge is 0.573 e. The molecule has 0 spiro atoms. The third-order valence-corrected chi connectivity index (χ3v) is 1.79. The van der Waals surface area contributed by atoms with Crippen molar-refractivity contribution in [1.29, 1.82) is 0 Å². The van der Waals surface area contributed by atoms with Crippen molar-refractivity contribution in [1.82, 2.24) is 0 Å². The maximum atomic E-state index is 12.3. The van der Waals surface area contributed by atoms with Gasteiger partial charge in [-0.3, -0.25) is 0 Å². The molecule has 0 atom stereocenters. The standard InChI is InChI=1S/C8H6BF5O3/c10-7(11)4-1-2-5(9(15)16)6(3-4)17-8(12,13)14/h1-3,7,15-16H. The van der Waals surface area contributed by atoms with E-state index in [0.717, 1.165) is 12.1 Å². The second-order valence-corrected chi connectivity index (χ2v) is 3.02. The number of hydrogen-bond acceptors (Lipinski definition) is 3. The predicted molar refractivity (Wildman–Crippen MR) is 47.9 cm³/mol. The highest BCUT2D eigenvalue weighted by atomic mass is 19.4. The summed E-state index contributed by atoms with van der Waals surface area (Å²) < 4.78 is 63.8. The van der Waals surface area contributed by atoms with Crippen LogP contribution in [0.1, 0.15) is 12.0 Å². The van der Waals surface area contributed by atoms with Crippen LogP contribution in [0.2, 0.25) is 0 Å². The Morgan fingerprint density at radius 3 is 2.18 bits per heavy atom. The fraction of sp³-hybridized carbons (Fsp3) is 0.250. The molecule has 0 saturated carbocycles. The lowest BCUT2D eigenvalue weighted by atomic mass is 9.79. The van der Waals surface area contributed by atoms with Crippen LogP contribution in [0.3, 0.4) is 0 Å². The van der Waals surface area contributed by atoms with Crippen molar-refractivity contribution in [2.45, 2.75) is 12.8 Å². The average molecular weight is 256 g/mol. The van der Waals surface area contributed by atoms with Crippen LogP contribution in [-0.4, -0.2) is 23.5 Å². The van der Waals surface area contributed by atoms with Crippen molar-refractivity contribution in [3.8, 4) is 5.75 Å². The molecule has 17 heavy (non-hydrogen) atoms. The van der Waals surface area contributed by atoms with E-state index in [4.69, 9.17) is 10.0 Å². The molecule has 0 aromatic heterocycles. The van der Waals surface area contributed by atoms with Crippen LogP contribution in [0, 0.1) is 0 Å². The van der Waals surface area contributed by atoms with E-state index in [2.05, 4.69) is 4.74 Å². The van der Waals surface area contributed by atoms with Gasteiger partial charge in [0.1, 0.15) is 5.75 Å². The number of rotatable bonds is 3. The van der Waals surface area contributed by atoms with Crippen LogP contribution in [-0.2, 0) is 0 Å². The van der Waals surface area contributed by atoms with Crippen LogP contribution in [0.5, 0.6) is 5.75 Å². The predicted octanol–water partition coefficient (Wildman–Crippen LogP) is 1.20. The van der Waals surface area contributed by atoms with Crippen molar-refractivity contribution in [3.05, 3.63) is 23.8 Å². The van der Waals surface area contributed by atoms with Gasteiger partial charge in [0.05, 0.1) is 0 Å². The first kappa shape index (κ1) is 13.7. The quantitative estimate of drug-likeness (QED) is 0.631. The van der Waals surface area contributed by atoms with Crippen LogP contribution < -0.4 is 10.2 Å². The van der Waals surface area contributed by atoms with Crippen molar-refractivity contribution in [3.63, 3.8) is 0 Å². The van der Waals surface area contributed by atoms with Crippen molar-refractivity contribution < 1.29 is 36.7 Å². The van der Waals surface area contributed by atoms with Gasteiger partial charge in [0.2, 0.25) is 0 Å². The third kappa shape index (κ3) is 3.86. The van der Waals surface area contributed by atoms with E-state index >= 15 is 0 Å². The lowest BCUT2D eigenvalue weighted by Crippen LogP contribution is -2.33. The lowest BCUT2D eigenvalue weighted by Gasteiger charge is -2.14. The van der Waals surface area contributed by atoms with Crippen molar-refractivity contribution >= 4 is 12.6 Å². The third-order valence-electron chi connectivity index (χ3n) is 1.79. The van der Waals surface area contributed by atoms with Gasteiger partial charge in [-0.1, -0.05) is 12.1 Å². The molecule has 94 valence electrons. The Morgan fingerprint density at radius 2 is 1.76 bits per heavy atom. The maximum Gasteiger partial charge on any atom is 0.573 e. The van der Waals surface area contributed by atoms with E-state index in [1.54, 1.807) is 0 Å². The van der Waals surface area contributed by atoms with E-state index in [0.29, 0.717) is 6.07 Å². The number of alkyl halides is 5. The Labute approximate surface area is 92.6 Å². The van der Waals surface area contributed by atoms with Crippen LogP contribution in [0.15, 0.2) is 18.2 Å². The molecule has 0 aliphatic carbocycles. The summed E-state index contributed by atoms with van der Waals surface area (Å²) in [4.78, 5) is 0. The number of hydrogen-bond donors (Lipinski definition) is 2. The van der Waals surface area contributed by atoms with Crippen molar-refractivity contribution in [2.24, 2.45) is 0 Å². The van der Waals surface area contributed by atoms with Gasteiger partial charge in [-0.15, -0.1) is 13.2 Å².